The van der Waals surface area contributed by atoms with Crippen molar-refractivity contribution in [2.75, 3.05) is 0 Å². The molecule has 0 amide bonds. The predicted octanol–water partition coefficient (Wildman–Crippen LogP) is 4.67. The Bertz CT molecular complexity index is 201. The molecule has 1 aliphatic rings. The Morgan fingerprint density at radius 1 is 1.06 bits per heavy atom. The van der Waals surface area contributed by atoms with Crippen LogP contribution >= 0.6 is 0 Å². The fourth-order valence-electron chi connectivity index (χ4n) is 2.65. The largest absolute Gasteiger partial charge is 0.350 e. The quantitative estimate of drug-likeness (QED) is 0.604. The van der Waals surface area contributed by atoms with Crippen LogP contribution in [0.25, 0.3) is 0 Å². The summed E-state index contributed by atoms with van der Waals surface area (Å²) in [5, 5.41) is 0. The lowest BCUT2D eigenvalue weighted by Gasteiger charge is -2.39. The van der Waals surface area contributed by atoms with Gasteiger partial charge in [0.15, 0.2) is 6.29 Å². The summed E-state index contributed by atoms with van der Waals surface area (Å²) in [7, 11) is 0. The first-order chi connectivity index (χ1) is 8.03. The van der Waals surface area contributed by atoms with Crippen LogP contribution in [0.4, 0.5) is 0 Å². The second kappa shape index (κ2) is 7.38. The van der Waals surface area contributed by atoms with Gasteiger partial charge in [-0.3, -0.25) is 0 Å². The van der Waals surface area contributed by atoms with Crippen molar-refractivity contribution in [1.82, 2.24) is 0 Å². The van der Waals surface area contributed by atoms with Crippen molar-refractivity contribution >= 4 is 0 Å². The van der Waals surface area contributed by atoms with Gasteiger partial charge in [-0.1, -0.05) is 39.0 Å². The maximum Gasteiger partial charge on any atom is 0.158 e. The van der Waals surface area contributed by atoms with Crippen LogP contribution in [-0.4, -0.2) is 18.0 Å². The molecule has 1 heterocycles. The Morgan fingerprint density at radius 3 is 2.35 bits per heavy atom. The summed E-state index contributed by atoms with van der Waals surface area (Å²) in [6.07, 6.45) is 10.4. The summed E-state index contributed by atoms with van der Waals surface area (Å²) in [6.45, 7) is 8.74. The molecular weight excluding hydrogens is 212 g/mol. The van der Waals surface area contributed by atoms with Crippen molar-refractivity contribution < 1.29 is 9.47 Å². The van der Waals surface area contributed by atoms with Crippen LogP contribution in [0, 0.1) is 0 Å². The van der Waals surface area contributed by atoms with Crippen LogP contribution < -0.4 is 0 Å². The summed E-state index contributed by atoms with van der Waals surface area (Å²) in [5.41, 5.74) is -0.00938. The molecule has 0 aromatic heterocycles. The lowest BCUT2D eigenvalue weighted by Crippen LogP contribution is -2.42. The van der Waals surface area contributed by atoms with E-state index in [1.165, 1.54) is 38.5 Å². The van der Waals surface area contributed by atoms with Gasteiger partial charge in [0, 0.05) is 6.42 Å². The predicted molar refractivity (Wildman–Crippen MR) is 72.1 cm³/mol. The monoisotopic (exact) mass is 242 g/mol. The maximum atomic E-state index is 5.95. The SMILES string of the molecule is CCCCCCCC[C@@H]1O[C@@H](C)CC(C)(C)O1. The Hall–Kier alpha value is -0.0800. The average molecular weight is 242 g/mol. The lowest BCUT2D eigenvalue weighted by molar-refractivity contribution is -0.270. The van der Waals surface area contributed by atoms with E-state index in [1.54, 1.807) is 0 Å². The van der Waals surface area contributed by atoms with Crippen LogP contribution in [0.15, 0.2) is 0 Å². The molecule has 0 saturated carbocycles. The summed E-state index contributed by atoms with van der Waals surface area (Å²) in [6, 6.07) is 0. The van der Waals surface area contributed by atoms with Crippen molar-refractivity contribution in [3.8, 4) is 0 Å². The minimum absolute atomic E-state index is 0.00938. The highest BCUT2D eigenvalue weighted by molar-refractivity contribution is 4.77. The first-order valence-corrected chi connectivity index (χ1v) is 7.37. The van der Waals surface area contributed by atoms with Gasteiger partial charge in [0.05, 0.1) is 11.7 Å². The second-order valence-electron chi connectivity index (χ2n) is 6.01. The smallest absolute Gasteiger partial charge is 0.158 e. The van der Waals surface area contributed by atoms with E-state index >= 15 is 0 Å². The van der Waals surface area contributed by atoms with Gasteiger partial charge in [-0.2, -0.15) is 0 Å². The molecule has 1 fully saturated rings. The first kappa shape index (κ1) is 15.0. The molecule has 1 aliphatic heterocycles. The Kier molecular flexibility index (Phi) is 6.50. The molecular formula is C15H30O2. The number of unbranched alkanes of at least 4 members (excludes halogenated alkanes) is 5. The van der Waals surface area contributed by atoms with Crippen LogP contribution in [0.2, 0.25) is 0 Å². The van der Waals surface area contributed by atoms with E-state index in [4.69, 9.17) is 9.47 Å². The highest BCUT2D eigenvalue weighted by Crippen LogP contribution is 2.29. The Balaban J connectivity index is 2.10. The van der Waals surface area contributed by atoms with Crippen LogP contribution in [0.1, 0.15) is 79.1 Å². The van der Waals surface area contributed by atoms with Gasteiger partial charge in [-0.25, -0.2) is 0 Å². The number of rotatable bonds is 7. The van der Waals surface area contributed by atoms with Gasteiger partial charge in [-0.15, -0.1) is 0 Å². The zero-order chi connectivity index (χ0) is 12.7. The molecule has 0 aromatic rings. The molecule has 102 valence electrons. The molecule has 17 heavy (non-hydrogen) atoms. The van der Waals surface area contributed by atoms with E-state index in [2.05, 4.69) is 27.7 Å². The molecule has 2 nitrogen and oxygen atoms in total. The van der Waals surface area contributed by atoms with Crippen molar-refractivity contribution in [3.63, 3.8) is 0 Å². The van der Waals surface area contributed by atoms with Gasteiger partial charge in [0.2, 0.25) is 0 Å². The molecule has 2 atom stereocenters. The summed E-state index contributed by atoms with van der Waals surface area (Å²) in [4.78, 5) is 0. The van der Waals surface area contributed by atoms with Crippen LogP contribution in [0.5, 0.6) is 0 Å². The molecule has 0 radical (unpaired) electrons. The van der Waals surface area contributed by atoms with Gasteiger partial charge in [0.25, 0.3) is 0 Å². The standard InChI is InChI=1S/C15H30O2/c1-5-6-7-8-9-10-11-14-16-13(2)12-15(3,4)17-14/h13-14H,5-12H2,1-4H3/t13-,14+/m0/s1. The maximum absolute atomic E-state index is 5.95. The first-order valence-electron chi connectivity index (χ1n) is 7.37. The molecule has 0 aliphatic carbocycles. The third-order valence-corrected chi connectivity index (χ3v) is 3.41. The summed E-state index contributed by atoms with van der Waals surface area (Å²) >= 11 is 0. The third kappa shape index (κ3) is 6.42. The number of hydrogen-bond acceptors (Lipinski definition) is 2. The van der Waals surface area contributed by atoms with Crippen molar-refractivity contribution in [3.05, 3.63) is 0 Å². The van der Waals surface area contributed by atoms with Crippen molar-refractivity contribution in [1.29, 1.82) is 0 Å². The van der Waals surface area contributed by atoms with E-state index in [0.29, 0.717) is 6.10 Å². The van der Waals surface area contributed by atoms with E-state index in [-0.39, 0.29) is 11.9 Å². The van der Waals surface area contributed by atoms with Crippen LogP contribution in [-0.2, 0) is 9.47 Å². The lowest BCUT2D eigenvalue weighted by atomic mass is 9.99. The number of hydrogen-bond donors (Lipinski definition) is 0. The van der Waals surface area contributed by atoms with E-state index < -0.39 is 0 Å². The molecule has 0 unspecified atom stereocenters. The molecule has 1 saturated heterocycles. The molecule has 0 N–H and O–H groups in total. The van der Waals surface area contributed by atoms with E-state index in [0.717, 1.165) is 12.8 Å². The second-order valence-corrected chi connectivity index (χ2v) is 6.01. The Labute approximate surface area is 107 Å². The van der Waals surface area contributed by atoms with E-state index in [1.807, 2.05) is 0 Å². The average Bonchev–Trinajstić information content (AvgIpc) is 2.20. The van der Waals surface area contributed by atoms with Gasteiger partial charge in [-0.05, 0) is 33.6 Å². The zero-order valence-corrected chi connectivity index (χ0v) is 12.1. The minimum atomic E-state index is -0.00938. The van der Waals surface area contributed by atoms with Gasteiger partial charge < -0.3 is 9.47 Å². The normalized spacial score (nSPS) is 28.2. The zero-order valence-electron chi connectivity index (χ0n) is 12.1. The highest BCUT2D eigenvalue weighted by atomic mass is 16.7. The van der Waals surface area contributed by atoms with E-state index in [9.17, 15) is 0 Å². The minimum Gasteiger partial charge on any atom is -0.350 e. The fourth-order valence-corrected chi connectivity index (χ4v) is 2.65. The molecule has 0 bridgehead atoms. The Morgan fingerprint density at radius 2 is 1.71 bits per heavy atom. The third-order valence-electron chi connectivity index (χ3n) is 3.41. The molecule has 0 spiro atoms. The summed E-state index contributed by atoms with van der Waals surface area (Å²) < 4.78 is 11.8. The molecule has 2 heteroatoms. The topological polar surface area (TPSA) is 18.5 Å². The van der Waals surface area contributed by atoms with Crippen molar-refractivity contribution in [2.24, 2.45) is 0 Å². The highest BCUT2D eigenvalue weighted by Gasteiger charge is 2.32. The molecule has 0 aromatic carbocycles. The summed E-state index contributed by atoms with van der Waals surface area (Å²) in [5.74, 6) is 0. The number of ether oxygens (including phenoxy) is 2. The van der Waals surface area contributed by atoms with Crippen LogP contribution in [0.3, 0.4) is 0 Å². The molecule has 1 rings (SSSR count). The fraction of sp³-hybridized carbons (Fsp3) is 1.00. The van der Waals surface area contributed by atoms with Crippen molar-refractivity contribution in [2.45, 2.75) is 97.1 Å². The van der Waals surface area contributed by atoms with Gasteiger partial charge in [0.1, 0.15) is 0 Å². The van der Waals surface area contributed by atoms with Gasteiger partial charge >= 0.3 is 0 Å².